The first kappa shape index (κ1) is 23.8. The van der Waals surface area contributed by atoms with E-state index in [1.807, 2.05) is 72.9 Å². The van der Waals surface area contributed by atoms with Crippen LogP contribution in [-0.4, -0.2) is 9.97 Å². The van der Waals surface area contributed by atoms with Crippen LogP contribution in [0.4, 0.5) is 18.9 Å². The lowest BCUT2D eigenvalue weighted by Gasteiger charge is -2.17. The van der Waals surface area contributed by atoms with Crippen LogP contribution in [0.3, 0.4) is 0 Å². The van der Waals surface area contributed by atoms with Gasteiger partial charge in [-0.1, -0.05) is 66.7 Å². The fourth-order valence-electron chi connectivity index (χ4n) is 5.07. The van der Waals surface area contributed by atoms with Gasteiger partial charge in [0, 0.05) is 40.9 Å². The van der Waals surface area contributed by atoms with E-state index in [1.54, 1.807) is 12.3 Å². The number of para-hydroxylation sites is 1. The quantitative estimate of drug-likeness (QED) is 0.237. The standard InChI is InChI=1S/C32H24F3N3/c33-32(34,35)28-13-6-12-27-30(24(20-38-31(27)28)17-21-7-2-1-3-8-21)22-9-4-11-25(18-22)37-19-23-10-5-14-29-26(23)15-16-36-29/h1-16,18,20,36-37H,17,19H2. The third-order valence-electron chi connectivity index (χ3n) is 6.84. The molecule has 0 unspecified atom stereocenters. The summed E-state index contributed by atoms with van der Waals surface area (Å²) in [6.45, 7) is 0.616. The smallest absolute Gasteiger partial charge is 0.381 e. The average Bonchev–Trinajstić information content (AvgIpc) is 3.41. The molecule has 0 aliphatic carbocycles. The van der Waals surface area contributed by atoms with Gasteiger partial charge in [-0.25, -0.2) is 0 Å². The molecule has 0 spiro atoms. The average molecular weight is 508 g/mol. The van der Waals surface area contributed by atoms with Crippen molar-refractivity contribution >= 4 is 27.5 Å². The number of H-pyrrole nitrogens is 1. The molecular weight excluding hydrogens is 483 g/mol. The highest BCUT2D eigenvalue weighted by molar-refractivity contribution is 5.98. The van der Waals surface area contributed by atoms with Crippen LogP contribution in [0.15, 0.2) is 109 Å². The van der Waals surface area contributed by atoms with E-state index in [9.17, 15) is 13.2 Å². The minimum atomic E-state index is -4.49. The molecule has 0 fully saturated rings. The Bertz CT molecular complexity index is 1740. The summed E-state index contributed by atoms with van der Waals surface area (Å²) >= 11 is 0. The number of nitrogens with one attached hydrogen (secondary N) is 2. The van der Waals surface area contributed by atoms with E-state index in [2.05, 4.69) is 27.4 Å². The summed E-state index contributed by atoms with van der Waals surface area (Å²) in [5.41, 5.74) is 5.90. The third-order valence-corrected chi connectivity index (χ3v) is 6.84. The maximum Gasteiger partial charge on any atom is 0.418 e. The Labute approximate surface area is 218 Å². The van der Waals surface area contributed by atoms with E-state index in [0.29, 0.717) is 18.4 Å². The Morgan fingerprint density at radius 1 is 0.763 bits per heavy atom. The van der Waals surface area contributed by atoms with Crippen LogP contribution in [0.25, 0.3) is 32.9 Å². The van der Waals surface area contributed by atoms with E-state index in [0.717, 1.165) is 50.5 Å². The number of hydrogen-bond acceptors (Lipinski definition) is 2. The molecule has 2 heterocycles. The summed E-state index contributed by atoms with van der Waals surface area (Å²) in [5, 5.41) is 5.14. The van der Waals surface area contributed by atoms with E-state index in [1.165, 1.54) is 6.07 Å². The van der Waals surface area contributed by atoms with Crippen molar-refractivity contribution in [3.63, 3.8) is 0 Å². The van der Waals surface area contributed by atoms with E-state index in [4.69, 9.17) is 0 Å². The molecule has 0 aliphatic heterocycles. The number of pyridine rings is 1. The van der Waals surface area contributed by atoms with Crippen molar-refractivity contribution in [3.05, 3.63) is 132 Å². The zero-order chi connectivity index (χ0) is 26.1. The molecule has 0 bridgehead atoms. The van der Waals surface area contributed by atoms with Crippen molar-refractivity contribution in [3.8, 4) is 11.1 Å². The maximum absolute atomic E-state index is 13.9. The SMILES string of the molecule is FC(F)(F)c1cccc2c(-c3cccc(NCc4cccc5[nH]ccc45)c3)c(Cc3ccccc3)cnc12. The fourth-order valence-corrected chi connectivity index (χ4v) is 5.07. The van der Waals surface area contributed by atoms with Gasteiger partial charge >= 0.3 is 6.18 Å². The molecule has 0 aliphatic rings. The molecule has 188 valence electrons. The monoisotopic (exact) mass is 507 g/mol. The zero-order valence-corrected chi connectivity index (χ0v) is 20.4. The van der Waals surface area contributed by atoms with E-state index in [-0.39, 0.29) is 5.52 Å². The molecule has 0 saturated heterocycles. The second-order valence-electron chi connectivity index (χ2n) is 9.31. The van der Waals surface area contributed by atoms with Gasteiger partial charge in [-0.2, -0.15) is 13.2 Å². The molecule has 38 heavy (non-hydrogen) atoms. The molecule has 3 nitrogen and oxygen atoms in total. The Hall–Kier alpha value is -4.58. The summed E-state index contributed by atoms with van der Waals surface area (Å²) in [4.78, 5) is 7.55. The Morgan fingerprint density at radius 2 is 1.58 bits per heavy atom. The lowest BCUT2D eigenvalue weighted by atomic mass is 9.91. The number of aromatic nitrogens is 2. The van der Waals surface area contributed by atoms with E-state index < -0.39 is 11.7 Å². The van der Waals surface area contributed by atoms with Crippen LogP contribution in [-0.2, 0) is 19.1 Å². The number of nitrogens with zero attached hydrogens (tertiary/aromatic N) is 1. The number of rotatable bonds is 6. The molecule has 6 aromatic rings. The van der Waals surface area contributed by atoms with Gasteiger partial charge < -0.3 is 10.3 Å². The highest BCUT2D eigenvalue weighted by Crippen LogP contribution is 2.39. The van der Waals surface area contributed by atoms with Crippen LogP contribution in [0.2, 0.25) is 0 Å². The van der Waals surface area contributed by atoms with Gasteiger partial charge in [-0.3, -0.25) is 4.98 Å². The molecule has 0 amide bonds. The largest absolute Gasteiger partial charge is 0.418 e. The highest BCUT2D eigenvalue weighted by atomic mass is 19.4. The van der Waals surface area contributed by atoms with Gasteiger partial charge in [-0.05, 0) is 64.6 Å². The predicted molar refractivity (Wildman–Crippen MR) is 147 cm³/mol. The fraction of sp³-hybridized carbons (Fsp3) is 0.0938. The van der Waals surface area contributed by atoms with Crippen LogP contribution in [0.5, 0.6) is 0 Å². The van der Waals surface area contributed by atoms with Crippen molar-refractivity contribution in [2.75, 3.05) is 5.32 Å². The third kappa shape index (κ3) is 4.61. The van der Waals surface area contributed by atoms with Gasteiger partial charge in [0.2, 0.25) is 0 Å². The highest BCUT2D eigenvalue weighted by Gasteiger charge is 2.33. The van der Waals surface area contributed by atoms with Crippen molar-refractivity contribution in [2.24, 2.45) is 0 Å². The molecule has 0 saturated carbocycles. The van der Waals surface area contributed by atoms with Crippen LogP contribution in [0, 0.1) is 0 Å². The van der Waals surface area contributed by atoms with Gasteiger partial charge in [-0.15, -0.1) is 0 Å². The molecule has 0 atom stereocenters. The Morgan fingerprint density at radius 3 is 2.42 bits per heavy atom. The summed E-state index contributed by atoms with van der Waals surface area (Å²) in [7, 11) is 0. The van der Waals surface area contributed by atoms with Crippen LogP contribution >= 0.6 is 0 Å². The van der Waals surface area contributed by atoms with Crippen LogP contribution in [0.1, 0.15) is 22.3 Å². The molecule has 6 rings (SSSR count). The number of halogens is 3. The minimum Gasteiger partial charge on any atom is -0.381 e. The summed E-state index contributed by atoms with van der Waals surface area (Å²) in [5.74, 6) is 0. The van der Waals surface area contributed by atoms with Crippen LogP contribution < -0.4 is 5.32 Å². The van der Waals surface area contributed by atoms with Crippen molar-refractivity contribution < 1.29 is 13.2 Å². The molecular formula is C32H24F3N3. The normalized spacial score (nSPS) is 11.8. The van der Waals surface area contributed by atoms with Crippen molar-refractivity contribution in [2.45, 2.75) is 19.1 Å². The second kappa shape index (κ2) is 9.71. The van der Waals surface area contributed by atoms with Gasteiger partial charge in [0.05, 0.1) is 11.1 Å². The number of aromatic amines is 1. The first-order valence-corrected chi connectivity index (χ1v) is 12.4. The lowest BCUT2D eigenvalue weighted by molar-refractivity contribution is -0.136. The summed E-state index contributed by atoms with van der Waals surface area (Å²) in [6, 6.07) is 30.2. The molecule has 2 N–H and O–H groups in total. The number of fused-ring (bicyclic) bond motifs is 2. The second-order valence-corrected chi connectivity index (χ2v) is 9.31. The maximum atomic E-state index is 13.9. The summed E-state index contributed by atoms with van der Waals surface area (Å²) < 4.78 is 41.6. The number of hydrogen-bond donors (Lipinski definition) is 2. The zero-order valence-electron chi connectivity index (χ0n) is 20.4. The van der Waals surface area contributed by atoms with Crippen molar-refractivity contribution in [1.82, 2.24) is 9.97 Å². The topological polar surface area (TPSA) is 40.7 Å². The molecule has 4 aromatic carbocycles. The van der Waals surface area contributed by atoms with E-state index >= 15 is 0 Å². The number of alkyl halides is 3. The lowest BCUT2D eigenvalue weighted by Crippen LogP contribution is -2.07. The number of anilines is 1. The summed E-state index contributed by atoms with van der Waals surface area (Å²) in [6.07, 6.45) is -0.421. The Balaban J connectivity index is 1.44. The Kier molecular flexibility index (Phi) is 6.08. The van der Waals surface area contributed by atoms with Gasteiger partial charge in [0.15, 0.2) is 0 Å². The minimum absolute atomic E-state index is 0.0377. The molecule has 0 radical (unpaired) electrons. The number of benzene rings is 4. The van der Waals surface area contributed by atoms with Crippen molar-refractivity contribution in [1.29, 1.82) is 0 Å². The predicted octanol–water partition coefficient (Wildman–Crippen LogP) is 8.60. The first-order valence-electron chi connectivity index (χ1n) is 12.4. The molecule has 6 heteroatoms. The van der Waals surface area contributed by atoms with Gasteiger partial charge in [0.25, 0.3) is 0 Å². The molecule has 2 aromatic heterocycles. The first-order chi connectivity index (χ1) is 18.5. The van der Waals surface area contributed by atoms with Gasteiger partial charge in [0.1, 0.15) is 0 Å².